The second-order valence-corrected chi connectivity index (χ2v) is 5.58. The predicted molar refractivity (Wildman–Crippen MR) is 78.7 cm³/mol. The summed E-state index contributed by atoms with van der Waals surface area (Å²) in [6.07, 6.45) is 1.99. The Labute approximate surface area is 120 Å². The molecule has 0 radical (unpaired) electrons. The molecule has 2 aromatic heterocycles. The number of hydrogen-bond acceptors (Lipinski definition) is 5. The van der Waals surface area contributed by atoms with E-state index in [1.165, 1.54) is 4.88 Å². The van der Waals surface area contributed by atoms with E-state index in [1.807, 2.05) is 0 Å². The third-order valence-electron chi connectivity index (χ3n) is 2.66. The second kappa shape index (κ2) is 6.16. The molecule has 2 heterocycles. The monoisotopic (exact) mass is 298 g/mol. The van der Waals surface area contributed by atoms with Crippen LogP contribution in [0.3, 0.4) is 0 Å². The minimum absolute atomic E-state index is 0.231. The van der Waals surface area contributed by atoms with Crippen molar-refractivity contribution in [2.24, 2.45) is 5.73 Å². The van der Waals surface area contributed by atoms with E-state index in [9.17, 15) is 4.79 Å². The van der Waals surface area contributed by atoms with Gasteiger partial charge in [0.1, 0.15) is 10.6 Å². The van der Waals surface area contributed by atoms with Gasteiger partial charge in [-0.15, -0.1) is 11.3 Å². The third-order valence-corrected chi connectivity index (χ3v) is 4.00. The van der Waals surface area contributed by atoms with E-state index in [0.29, 0.717) is 19.4 Å². The highest BCUT2D eigenvalue weighted by Crippen LogP contribution is 2.30. The molecule has 0 saturated heterocycles. The van der Waals surface area contributed by atoms with E-state index in [4.69, 9.17) is 17.3 Å². The molecule has 0 bridgehead atoms. The van der Waals surface area contributed by atoms with Gasteiger partial charge in [-0.05, 0) is 30.5 Å². The van der Waals surface area contributed by atoms with Gasteiger partial charge in [-0.25, -0.2) is 9.97 Å². The van der Waals surface area contributed by atoms with Gasteiger partial charge in [0.2, 0.25) is 11.2 Å². The van der Waals surface area contributed by atoms with E-state index in [-0.39, 0.29) is 11.2 Å². The number of amides is 1. The Morgan fingerprint density at radius 2 is 2.32 bits per heavy atom. The summed E-state index contributed by atoms with van der Waals surface area (Å²) in [5.41, 5.74) is 5.10. The number of primary amides is 1. The van der Waals surface area contributed by atoms with Crippen molar-refractivity contribution >= 4 is 44.9 Å². The fourth-order valence-electron chi connectivity index (χ4n) is 1.72. The average molecular weight is 299 g/mol. The molecule has 5 nitrogen and oxygen atoms in total. The Kier molecular flexibility index (Phi) is 4.55. The van der Waals surface area contributed by atoms with Gasteiger partial charge in [-0.3, -0.25) is 4.79 Å². The Balaban J connectivity index is 2.16. The van der Waals surface area contributed by atoms with E-state index < -0.39 is 0 Å². The molecule has 3 N–H and O–H groups in total. The fraction of sp³-hybridized carbons (Fsp3) is 0.417. The second-order valence-electron chi connectivity index (χ2n) is 4.12. The molecule has 0 spiro atoms. The molecule has 1 amide bonds. The van der Waals surface area contributed by atoms with Gasteiger partial charge < -0.3 is 11.1 Å². The van der Waals surface area contributed by atoms with Crippen molar-refractivity contribution in [3.63, 3.8) is 0 Å². The summed E-state index contributed by atoms with van der Waals surface area (Å²) in [7, 11) is 0. The molecule has 0 saturated carbocycles. The minimum Gasteiger partial charge on any atom is -0.370 e. The van der Waals surface area contributed by atoms with Crippen LogP contribution >= 0.6 is 22.9 Å². The molecule has 0 unspecified atom stereocenters. The van der Waals surface area contributed by atoms with Crippen LogP contribution in [0.25, 0.3) is 10.2 Å². The topological polar surface area (TPSA) is 80.9 Å². The summed E-state index contributed by atoms with van der Waals surface area (Å²) in [4.78, 5) is 21.2. The van der Waals surface area contributed by atoms with Crippen LogP contribution in [0.2, 0.25) is 5.28 Å². The lowest BCUT2D eigenvalue weighted by atomic mass is 10.3. The Bertz CT molecular complexity index is 599. The Hall–Kier alpha value is -1.40. The van der Waals surface area contributed by atoms with Crippen molar-refractivity contribution in [2.45, 2.75) is 26.2 Å². The highest BCUT2D eigenvalue weighted by atomic mass is 35.5. The van der Waals surface area contributed by atoms with Crippen LogP contribution in [0.4, 0.5) is 5.82 Å². The highest BCUT2D eigenvalue weighted by Gasteiger charge is 2.10. The number of nitrogens with two attached hydrogens (primary N) is 1. The maximum atomic E-state index is 10.7. The first-order chi connectivity index (χ1) is 9.10. The van der Waals surface area contributed by atoms with Crippen molar-refractivity contribution in [1.82, 2.24) is 9.97 Å². The number of rotatable bonds is 6. The number of nitrogens with one attached hydrogen (secondary N) is 1. The first-order valence-corrected chi connectivity index (χ1v) is 7.27. The molecule has 102 valence electrons. The van der Waals surface area contributed by atoms with Crippen molar-refractivity contribution in [3.8, 4) is 0 Å². The lowest BCUT2D eigenvalue weighted by Crippen LogP contribution is -2.13. The smallest absolute Gasteiger partial charge is 0.225 e. The Morgan fingerprint density at radius 1 is 1.53 bits per heavy atom. The highest BCUT2D eigenvalue weighted by molar-refractivity contribution is 7.18. The van der Waals surface area contributed by atoms with Crippen molar-refractivity contribution in [2.75, 3.05) is 11.9 Å². The molecule has 2 rings (SSSR count). The number of aryl methyl sites for hydroxylation is 1. The zero-order chi connectivity index (χ0) is 13.8. The summed E-state index contributed by atoms with van der Waals surface area (Å²) >= 11 is 7.53. The van der Waals surface area contributed by atoms with E-state index in [2.05, 4.69) is 28.3 Å². The summed E-state index contributed by atoms with van der Waals surface area (Å²) in [6, 6.07) is 2.08. The average Bonchev–Trinajstić information content (AvgIpc) is 2.77. The van der Waals surface area contributed by atoms with Gasteiger partial charge in [0.25, 0.3) is 0 Å². The molecular weight excluding hydrogens is 284 g/mol. The maximum absolute atomic E-state index is 10.7. The van der Waals surface area contributed by atoms with Crippen molar-refractivity contribution in [1.29, 1.82) is 0 Å². The zero-order valence-electron chi connectivity index (χ0n) is 10.6. The number of carbonyl (C=O) groups is 1. The predicted octanol–water partition coefficient (Wildman–Crippen LogP) is 2.58. The van der Waals surface area contributed by atoms with Gasteiger partial charge in [0, 0.05) is 17.8 Å². The molecular formula is C12H15ClN4OS. The molecule has 0 aliphatic heterocycles. The van der Waals surface area contributed by atoms with Crippen LogP contribution < -0.4 is 11.1 Å². The summed E-state index contributed by atoms with van der Waals surface area (Å²) < 4.78 is 0. The van der Waals surface area contributed by atoms with Crippen LogP contribution in [0, 0.1) is 0 Å². The minimum atomic E-state index is -0.295. The molecule has 2 aromatic rings. The number of halogens is 1. The molecule has 7 heteroatoms. The van der Waals surface area contributed by atoms with Crippen molar-refractivity contribution in [3.05, 3.63) is 16.2 Å². The lowest BCUT2D eigenvalue weighted by molar-refractivity contribution is -0.118. The third kappa shape index (κ3) is 3.54. The number of fused-ring (bicyclic) bond motifs is 1. The first-order valence-electron chi connectivity index (χ1n) is 6.08. The molecule has 0 aliphatic rings. The van der Waals surface area contributed by atoms with Crippen LogP contribution in [0.5, 0.6) is 0 Å². The summed E-state index contributed by atoms with van der Waals surface area (Å²) in [5, 5.41) is 4.39. The largest absolute Gasteiger partial charge is 0.370 e. The van der Waals surface area contributed by atoms with E-state index in [1.54, 1.807) is 11.3 Å². The van der Waals surface area contributed by atoms with Gasteiger partial charge in [-0.1, -0.05) is 6.92 Å². The summed E-state index contributed by atoms with van der Waals surface area (Å²) in [5.74, 6) is 0.423. The number of aromatic nitrogens is 2. The molecule has 0 fully saturated rings. The normalized spacial score (nSPS) is 10.8. The molecule has 0 atom stereocenters. The number of hydrogen-bond donors (Lipinski definition) is 2. The first kappa shape index (κ1) is 14.0. The van der Waals surface area contributed by atoms with Crippen LogP contribution in [0.15, 0.2) is 6.07 Å². The van der Waals surface area contributed by atoms with E-state index in [0.717, 1.165) is 22.5 Å². The molecule has 0 aromatic carbocycles. The fourth-order valence-corrected chi connectivity index (χ4v) is 2.91. The van der Waals surface area contributed by atoms with Gasteiger partial charge in [-0.2, -0.15) is 0 Å². The molecule has 0 aliphatic carbocycles. The van der Waals surface area contributed by atoms with E-state index >= 15 is 0 Å². The standard InChI is InChI=1S/C12H15ClN4OS/c1-2-7-6-8-10(15-5-3-4-9(14)18)16-12(13)17-11(8)19-7/h6H,2-5H2,1H3,(H2,14,18)(H,15,16,17). The number of carbonyl (C=O) groups excluding carboxylic acids is 1. The zero-order valence-corrected chi connectivity index (χ0v) is 12.1. The summed E-state index contributed by atoms with van der Waals surface area (Å²) in [6.45, 7) is 2.72. The Morgan fingerprint density at radius 3 is 3.00 bits per heavy atom. The quantitative estimate of drug-likeness (QED) is 0.634. The SMILES string of the molecule is CCc1cc2c(NCCCC(N)=O)nc(Cl)nc2s1. The number of thiophene rings is 1. The maximum Gasteiger partial charge on any atom is 0.225 e. The van der Waals surface area contributed by atoms with Gasteiger partial charge >= 0.3 is 0 Å². The van der Waals surface area contributed by atoms with Crippen LogP contribution in [-0.4, -0.2) is 22.4 Å². The van der Waals surface area contributed by atoms with Crippen LogP contribution in [-0.2, 0) is 11.2 Å². The molecule has 19 heavy (non-hydrogen) atoms. The number of anilines is 1. The lowest BCUT2D eigenvalue weighted by Gasteiger charge is -2.06. The number of nitrogens with zero attached hydrogens (tertiary/aromatic N) is 2. The van der Waals surface area contributed by atoms with Gasteiger partial charge in [0.05, 0.1) is 5.39 Å². The van der Waals surface area contributed by atoms with Gasteiger partial charge in [0.15, 0.2) is 0 Å². The van der Waals surface area contributed by atoms with Crippen LogP contribution in [0.1, 0.15) is 24.6 Å². The van der Waals surface area contributed by atoms with Crippen molar-refractivity contribution < 1.29 is 4.79 Å².